The van der Waals surface area contributed by atoms with Gasteiger partial charge in [-0.2, -0.15) is 5.26 Å². The number of rotatable bonds is 4. The van der Waals surface area contributed by atoms with Gasteiger partial charge in [0.25, 0.3) is 0 Å². The van der Waals surface area contributed by atoms with Gasteiger partial charge in [-0.3, -0.25) is 0 Å². The third-order valence-electron chi connectivity index (χ3n) is 3.20. The van der Waals surface area contributed by atoms with E-state index in [1.807, 2.05) is 0 Å². The van der Waals surface area contributed by atoms with Crippen LogP contribution in [0.2, 0.25) is 0 Å². The summed E-state index contributed by atoms with van der Waals surface area (Å²) in [6.07, 6.45) is -0.321. The van der Waals surface area contributed by atoms with Crippen LogP contribution in [-0.4, -0.2) is 38.1 Å². The number of aliphatic hydroxyl groups excluding tert-OH is 1. The van der Waals surface area contributed by atoms with E-state index in [2.05, 4.69) is 6.07 Å². The van der Waals surface area contributed by atoms with Crippen LogP contribution in [0.15, 0.2) is 18.2 Å². The highest BCUT2D eigenvalue weighted by atomic mass is 16.6. The summed E-state index contributed by atoms with van der Waals surface area (Å²) in [6, 6.07) is 7.08. The van der Waals surface area contributed by atoms with Crippen LogP contribution >= 0.6 is 0 Å². The van der Waals surface area contributed by atoms with E-state index < -0.39 is 11.7 Å². The largest absolute Gasteiger partial charge is 0.482 e. The molecule has 2 rings (SSSR count). The van der Waals surface area contributed by atoms with Gasteiger partial charge in [-0.05, 0) is 18.2 Å². The lowest BCUT2D eigenvalue weighted by Gasteiger charge is -2.39. The number of hydrogen-bond donors (Lipinski definition) is 1. The van der Waals surface area contributed by atoms with Gasteiger partial charge < -0.3 is 19.3 Å². The number of ether oxygens (including phenoxy) is 3. The van der Waals surface area contributed by atoms with E-state index in [4.69, 9.17) is 19.5 Å². The Morgan fingerprint density at radius 3 is 2.68 bits per heavy atom. The summed E-state index contributed by atoms with van der Waals surface area (Å²) >= 11 is 0. The lowest BCUT2D eigenvalue weighted by molar-refractivity contribution is -0.0965. The molecule has 0 aliphatic carbocycles. The molecule has 1 aromatic carbocycles. The van der Waals surface area contributed by atoms with Crippen LogP contribution in [0.25, 0.3) is 0 Å². The number of hydrogen-bond acceptors (Lipinski definition) is 5. The van der Waals surface area contributed by atoms with Gasteiger partial charge in [0.2, 0.25) is 0 Å². The third-order valence-corrected chi connectivity index (χ3v) is 3.20. The fourth-order valence-electron chi connectivity index (χ4n) is 2.45. The molecule has 0 saturated carbocycles. The van der Waals surface area contributed by atoms with E-state index in [-0.39, 0.29) is 0 Å². The van der Waals surface area contributed by atoms with Crippen molar-refractivity contribution < 1.29 is 19.3 Å². The molecular weight excluding hydrogens is 246 g/mol. The number of methoxy groups -OCH3 is 2. The van der Waals surface area contributed by atoms with Gasteiger partial charge in [-0.25, -0.2) is 0 Å². The number of nitrogens with zero attached hydrogens (tertiary/aromatic N) is 1. The molecule has 0 bridgehead atoms. The second-order valence-electron chi connectivity index (χ2n) is 4.74. The van der Waals surface area contributed by atoms with Crippen LogP contribution in [0.5, 0.6) is 5.75 Å². The Hall–Kier alpha value is -1.61. The van der Waals surface area contributed by atoms with Crippen LogP contribution < -0.4 is 4.74 Å². The molecule has 102 valence electrons. The van der Waals surface area contributed by atoms with Crippen molar-refractivity contribution in [2.75, 3.05) is 27.4 Å². The van der Waals surface area contributed by atoms with Crippen molar-refractivity contribution in [2.45, 2.75) is 18.1 Å². The zero-order chi connectivity index (χ0) is 13.9. The summed E-state index contributed by atoms with van der Waals surface area (Å²) in [7, 11) is 3.17. The molecule has 0 spiro atoms. The smallest absolute Gasteiger partial charge is 0.158 e. The average Bonchev–Trinajstić information content (AvgIpc) is 2.39. The predicted octanol–water partition coefficient (Wildman–Crippen LogP) is 1.41. The molecule has 0 radical (unpaired) electrons. The van der Waals surface area contributed by atoms with Crippen LogP contribution in [0.3, 0.4) is 0 Å². The molecule has 1 atom stereocenters. The lowest BCUT2D eigenvalue weighted by atomic mass is 9.89. The van der Waals surface area contributed by atoms with Gasteiger partial charge in [-0.15, -0.1) is 0 Å². The zero-order valence-corrected chi connectivity index (χ0v) is 11.0. The Bertz CT molecular complexity index is 489. The quantitative estimate of drug-likeness (QED) is 0.889. The zero-order valence-electron chi connectivity index (χ0n) is 11.0. The molecule has 1 aliphatic rings. The van der Waals surface area contributed by atoms with Crippen molar-refractivity contribution >= 4 is 0 Å². The Labute approximate surface area is 112 Å². The molecular formula is C14H17NO4. The minimum atomic E-state index is -0.692. The highest BCUT2D eigenvalue weighted by Gasteiger charge is 2.41. The van der Waals surface area contributed by atoms with Gasteiger partial charge in [0.1, 0.15) is 5.75 Å². The fourth-order valence-corrected chi connectivity index (χ4v) is 2.45. The number of benzene rings is 1. The number of fused-ring (bicyclic) bond motifs is 1. The van der Waals surface area contributed by atoms with E-state index in [0.29, 0.717) is 36.5 Å². The summed E-state index contributed by atoms with van der Waals surface area (Å²) < 4.78 is 16.3. The first-order valence-corrected chi connectivity index (χ1v) is 6.03. The van der Waals surface area contributed by atoms with Gasteiger partial charge in [-0.1, -0.05) is 0 Å². The normalized spacial score (nSPS) is 20.2. The van der Waals surface area contributed by atoms with Gasteiger partial charge in [0, 0.05) is 26.2 Å². The van der Waals surface area contributed by atoms with Crippen LogP contribution in [0, 0.1) is 11.3 Å². The maximum absolute atomic E-state index is 10.3. The first kappa shape index (κ1) is 13.8. The number of aliphatic hydroxyl groups is 1. The predicted molar refractivity (Wildman–Crippen MR) is 67.8 cm³/mol. The summed E-state index contributed by atoms with van der Waals surface area (Å²) in [5.41, 5.74) is 0.457. The summed E-state index contributed by atoms with van der Waals surface area (Å²) in [6.45, 7) is 0.661. The molecule has 0 amide bonds. The molecule has 5 nitrogen and oxygen atoms in total. The Morgan fingerprint density at radius 1 is 1.42 bits per heavy atom. The Kier molecular flexibility index (Phi) is 4.05. The standard InChI is InChI=1S/C14H17NO4/c1-17-8-14(9-18-2)6-12(16)11-5-10(7-15)3-4-13(11)19-14/h3-5,12,16H,6,8-9H2,1-2H3. The van der Waals surface area contributed by atoms with Crippen LogP contribution in [-0.2, 0) is 9.47 Å². The van der Waals surface area contributed by atoms with E-state index in [1.54, 1.807) is 32.4 Å². The summed E-state index contributed by atoms with van der Waals surface area (Å²) in [4.78, 5) is 0. The second-order valence-corrected chi connectivity index (χ2v) is 4.74. The molecule has 0 saturated heterocycles. The van der Waals surface area contributed by atoms with Gasteiger partial charge in [0.15, 0.2) is 5.60 Å². The minimum absolute atomic E-state index is 0.331. The van der Waals surface area contributed by atoms with Crippen LogP contribution in [0.1, 0.15) is 23.7 Å². The molecule has 1 unspecified atom stereocenters. The Balaban J connectivity index is 2.35. The molecule has 1 aliphatic heterocycles. The van der Waals surface area contributed by atoms with Crippen molar-refractivity contribution in [1.82, 2.24) is 0 Å². The first-order valence-electron chi connectivity index (χ1n) is 6.03. The van der Waals surface area contributed by atoms with Crippen molar-refractivity contribution in [3.05, 3.63) is 29.3 Å². The molecule has 19 heavy (non-hydrogen) atoms. The van der Waals surface area contributed by atoms with Crippen LogP contribution in [0.4, 0.5) is 0 Å². The van der Waals surface area contributed by atoms with Crippen molar-refractivity contribution in [3.8, 4) is 11.8 Å². The third kappa shape index (κ3) is 2.71. The molecule has 0 fully saturated rings. The molecule has 5 heteroatoms. The Morgan fingerprint density at radius 2 is 2.11 bits per heavy atom. The number of nitriles is 1. The van der Waals surface area contributed by atoms with E-state index in [1.165, 1.54) is 0 Å². The van der Waals surface area contributed by atoms with Crippen molar-refractivity contribution in [2.24, 2.45) is 0 Å². The van der Waals surface area contributed by atoms with Gasteiger partial charge in [0.05, 0.1) is 31.0 Å². The summed E-state index contributed by atoms with van der Waals surface area (Å²) in [5, 5.41) is 19.2. The van der Waals surface area contributed by atoms with Crippen molar-refractivity contribution in [1.29, 1.82) is 5.26 Å². The highest BCUT2D eigenvalue weighted by Crippen LogP contribution is 2.40. The first-order chi connectivity index (χ1) is 9.14. The van der Waals surface area contributed by atoms with E-state index >= 15 is 0 Å². The maximum atomic E-state index is 10.3. The SMILES string of the molecule is COCC1(COC)CC(O)c2cc(C#N)ccc2O1. The fraction of sp³-hybridized carbons (Fsp3) is 0.500. The maximum Gasteiger partial charge on any atom is 0.158 e. The van der Waals surface area contributed by atoms with Gasteiger partial charge >= 0.3 is 0 Å². The molecule has 1 N–H and O–H groups in total. The average molecular weight is 263 g/mol. The second kappa shape index (κ2) is 5.57. The molecule has 0 aromatic heterocycles. The topological polar surface area (TPSA) is 71.7 Å². The molecule has 1 heterocycles. The minimum Gasteiger partial charge on any atom is -0.482 e. The van der Waals surface area contributed by atoms with E-state index in [9.17, 15) is 5.11 Å². The summed E-state index contributed by atoms with van der Waals surface area (Å²) in [5.74, 6) is 0.576. The monoisotopic (exact) mass is 263 g/mol. The van der Waals surface area contributed by atoms with Crippen molar-refractivity contribution in [3.63, 3.8) is 0 Å². The van der Waals surface area contributed by atoms with E-state index in [0.717, 1.165) is 0 Å². The molecule has 1 aromatic rings. The highest BCUT2D eigenvalue weighted by molar-refractivity contribution is 5.45. The lowest BCUT2D eigenvalue weighted by Crippen LogP contribution is -2.48.